The molecule has 0 aromatic heterocycles. The van der Waals surface area contributed by atoms with Crippen molar-refractivity contribution in [1.29, 1.82) is 0 Å². The van der Waals surface area contributed by atoms with Crippen LogP contribution >= 0.6 is 0 Å². The smallest absolute Gasteiger partial charge is 0.225 e. The summed E-state index contributed by atoms with van der Waals surface area (Å²) in [4.78, 5) is 14.2. The van der Waals surface area contributed by atoms with E-state index < -0.39 is 6.10 Å². The Morgan fingerprint density at radius 1 is 1.48 bits per heavy atom. The highest BCUT2D eigenvalue weighted by Crippen LogP contribution is 2.27. The lowest BCUT2D eigenvalue weighted by Crippen LogP contribution is -2.39. The molecule has 2 unspecified atom stereocenters. The molecule has 1 aliphatic heterocycles. The number of ether oxygens (including phenoxy) is 1. The van der Waals surface area contributed by atoms with Crippen LogP contribution in [0.5, 0.6) is 5.75 Å². The van der Waals surface area contributed by atoms with Crippen molar-refractivity contribution < 1.29 is 14.6 Å². The molecular formula is C17H25NO3. The summed E-state index contributed by atoms with van der Waals surface area (Å²) in [5, 5.41) is 9.75. The third kappa shape index (κ3) is 3.76. The Balaban J connectivity index is 2.23. The molecule has 1 aliphatic rings. The molecule has 4 nitrogen and oxygen atoms in total. The minimum absolute atomic E-state index is 0.106. The minimum atomic E-state index is -0.518. The second-order valence-corrected chi connectivity index (χ2v) is 5.78. The number of hydrogen-bond donors (Lipinski definition) is 1. The first kappa shape index (κ1) is 15.8. The van der Waals surface area contributed by atoms with Gasteiger partial charge in [-0.25, -0.2) is 0 Å². The highest BCUT2D eigenvalue weighted by atomic mass is 16.5. The molecule has 1 fully saturated rings. The third-order valence-corrected chi connectivity index (χ3v) is 4.03. The zero-order chi connectivity index (χ0) is 15.4. The van der Waals surface area contributed by atoms with Crippen molar-refractivity contribution in [2.45, 2.75) is 46.3 Å². The van der Waals surface area contributed by atoms with Crippen molar-refractivity contribution in [1.82, 2.24) is 4.90 Å². The summed E-state index contributed by atoms with van der Waals surface area (Å²) in [5.41, 5.74) is 1.82. The maximum absolute atomic E-state index is 12.3. The van der Waals surface area contributed by atoms with Crippen molar-refractivity contribution >= 4 is 5.91 Å². The molecule has 0 aliphatic carbocycles. The first-order valence-corrected chi connectivity index (χ1v) is 7.75. The fourth-order valence-electron chi connectivity index (χ4n) is 2.78. The fourth-order valence-corrected chi connectivity index (χ4v) is 2.78. The number of aliphatic hydroxyl groups is 1. The van der Waals surface area contributed by atoms with Crippen LogP contribution in [-0.4, -0.2) is 29.1 Å². The van der Waals surface area contributed by atoms with E-state index in [-0.39, 0.29) is 11.8 Å². The van der Waals surface area contributed by atoms with E-state index in [1.54, 1.807) is 6.92 Å². The van der Waals surface area contributed by atoms with Crippen LogP contribution in [0.1, 0.15) is 50.8 Å². The second-order valence-electron chi connectivity index (χ2n) is 5.78. The number of likely N-dealkylation sites (tertiary alicyclic amines) is 1. The molecule has 1 aromatic rings. The van der Waals surface area contributed by atoms with Crippen LogP contribution in [0.3, 0.4) is 0 Å². The molecule has 1 heterocycles. The van der Waals surface area contributed by atoms with Gasteiger partial charge < -0.3 is 14.7 Å². The first-order chi connectivity index (χ1) is 10.0. The Hall–Kier alpha value is -1.55. The van der Waals surface area contributed by atoms with Crippen LogP contribution < -0.4 is 4.74 Å². The molecule has 4 heteroatoms. The molecule has 0 bridgehead atoms. The Morgan fingerprint density at radius 2 is 2.24 bits per heavy atom. The summed E-state index contributed by atoms with van der Waals surface area (Å²) in [7, 11) is 0. The molecule has 0 spiro atoms. The van der Waals surface area contributed by atoms with E-state index in [4.69, 9.17) is 4.74 Å². The van der Waals surface area contributed by atoms with Gasteiger partial charge in [-0.15, -0.1) is 0 Å². The van der Waals surface area contributed by atoms with E-state index in [0.29, 0.717) is 13.2 Å². The Labute approximate surface area is 126 Å². The maximum Gasteiger partial charge on any atom is 0.225 e. The van der Waals surface area contributed by atoms with Crippen molar-refractivity contribution in [2.24, 2.45) is 5.92 Å². The summed E-state index contributed by atoms with van der Waals surface area (Å²) in [6.07, 6.45) is 1.50. The van der Waals surface area contributed by atoms with E-state index in [9.17, 15) is 9.90 Å². The van der Waals surface area contributed by atoms with Crippen LogP contribution in [0.2, 0.25) is 0 Å². The average Bonchev–Trinajstić information content (AvgIpc) is 2.45. The molecule has 1 N–H and O–H groups in total. The van der Waals surface area contributed by atoms with Gasteiger partial charge in [0.1, 0.15) is 5.75 Å². The van der Waals surface area contributed by atoms with Gasteiger partial charge in [0.2, 0.25) is 5.91 Å². The van der Waals surface area contributed by atoms with Gasteiger partial charge in [0, 0.05) is 24.6 Å². The van der Waals surface area contributed by atoms with Gasteiger partial charge in [0.15, 0.2) is 0 Å². The lowest BCUT2D eigenvalue weighted by Gasteiger charge is -2.31. The largest absolute Gasteiger partial charge is 0.494 e. The molecule has 1 saturated heterocycles. The van der Waals surface area contributed by atoms with Gasteiger partial charge in [0.05, 0.1) is 12.7 Å². The predicted octanol–water partition coefficient (Wildman–Crippen LogP) is 2.90. The normalized spacial score (nSPS) is 20.5. The summed E-state index contributed by atoms with van der Waals surface area (Å²) in [5.74, 6) is 1.12. The molecule has 1 amide bonds. The highest BCUT2D eigenvalue weighted by molar-refractivity contribution is 5.79. The lowest BCUT2D eigenvalue weighted by molar-refractivity contribution is -0.138. The average molecular weight is 291 g/mol. The number of amides is 1. The monoisotopic (exact) mass is 291 g/mol. The van der Waals surface area contributed by atoms with E-state index in [1.165, 1.54) is 0 Å². The standard InChI is InChI=1S/C17H25NO3/c1-4-21-16-8-7-14(13(3)19)10-15(16)11-18-9-5-6-12(2)17(18)20/h7-8,10,12-13,19H,4-6,9,11H2,1-3H3. The number of carbonyl (C=O) groups excluding carboxylic acids is 1. The zero-order valence-electron chi connectivity index (χ0n) is 13.1. The van der Waals surface area contributed by atoms with Crippen LogP contribution in [-0.2, 0) is 11.3 Å². The third-order valence-electron chi connectivity index (χ3n) is 4.03. The molecule has 0 radical (unpaired) electrons. The van der Waals surface area contributed by atoms with Crippen LogP contribution in [0.4, 0.5) is 0 Å². The van der Waals surface area contributed by atoms with Crippen LogP contribution in [0, 0.1) is 5.92 Å². The van der Waals surface area contributed by atoms with Crippen molar-refractivity contribution in [3.63, 3.8) is 0 Å². The SMILES string of the molecule is CCOc1ccc(C(C)O)cc1CN1CCCC(C)C1=O. The number of carbonyl (C=O) groups is 1. The topological polar surface area (TPSA) is 49.8 Å². The number of nitrogens with zero attached hydrogens (tertiary/aromatic N) is 1. The van der Waals surface area contributed by atoms with E-state index in [1.807, 2.05) is 36.9 Å². The number of hydrogen-bond acceptors (Lipinski definition) is 3. The first-order valence-electron chi connectivity index (χ1n) is 7.75. The van der Waals surface area contributed by atoms with Gasteiger partial charge in [-0.05, 0) is 44.4 Å². The summed E-state index contributed by atoms with van der Waals surface area (Å²) in [6, 6.07) is 5.71. The number of benzene rings is 1. The fraction of sp³-hybridized carbons (Fsp3) is 0.588. The van der Waals surface area contributed by atoms with Gasteiger partial charge in [-0.3, -0.25) is 4.79 Å². The summed E-state index contributed by atoms with van der Waals surface area (Å²) in [6.45, 7) is 7.62. The lowest BCUT2D eigenvalue weighted by atomic mass is 9.98. The quantitative estimate of drug-likeness (QED) is 0.907. The molecule has 21 heavy (non-hydrogen) atoms. The number of piperidine rings is 1. The number of aliphatic hydroxyl groups excluding tert-OH is 1. The van der Waals surface area contributed by atoms with E-state index in [0.717, 1.165) is 36.3 Å². The van der Waals surface area contributed by atoms with Crippen molar-refractivity contribution in [3.8, 4) is 5.75 Å². The number of rotatable bonds is 5. The highest BCUT2D eigenvalue weighted by Gasteiger charge is 2.25. The zero-order valence-corrected chi connectivity index (χ0v) is 13.1. The molecule has 1 aromatic carbocycles. The molecule has 0 saturated carbocycles. The maximum atomic E-state index is 12.3. The summed E-state index contributed by atoms with van der Waals surface area (Å²) < 4.78 is 5.66. The molecule has 2 rings (SSSR count). The second kappa shape index (κ2) is 6.94. The Bertz CT molecular complexity index is 499. The Kier molecular flexibility index (Phi) is 5.23. The van der Waals surface area contributed by atoms with Gasteiger partial charge in [-0.1, -0.05) is 13.0 Å². The minimum Gasteiger partial charge on any atom is -0.494 e. The Morgan fingerprint density at radius 3 is 2.90 bits per heavy atom. The van der Waals surface area contributed by atoms with Gasteiger partial charge >= 0.3 is 0 Å². The van der Waals surface area contributed by atoms with E-state index in [2.05, 4.69) is 0 Å². The molecule has 2 atom stereocenters. The van der Waals surface area contributed by atoms with Gasteiger partial charge in [-0.2, -0.15) is 0 Å². The molecule has 116 valence electrons. The van der Waals surface area contributed by atoms with E-state index >= 15 is 0 Å². The van der Waals surface area contributed by atoms with Crippen molar-refractivity contribution in [3.05, 3.63) is 29.3 Å². The molecular weight excluding hydrogens is 266 g/mol. The van der Waals surface area contributed by atoms with Crippen LogP contribution in [0.15, 0.2) is 18.2 Å². The van der Waals surface area contributed by atoms with Crippen LogP contribution in [0.25, 0.3) is 0 Å². The summed E-state index contributed by atoms with van der Waals surface area (Å²) >= 11 is 0. The van der Waals surface area contributed by atoms with Gasteiger partial charge in [0.25, 0.3) is 0 Å². The predicted molar refractivity (Wildman–Crippen MR) is 82.1 cm³/mol. The van der Waals surface area contributed by atoms with Crippen molar-refractivity contribution in [2.75, 3.05) is 13.2 Å².